The van der Waals surface area contributed by atoms with Crippen molar-refractivity contribution in [3.8, 4) is 22.6 Å². The summed E-state index contributed by atoms with van der Waals surface area (Å²) in [5.74, 6) is -0.614. The van der Waals surface area contributed by atoms with Gasteiger partial charge in [-0.15, -0.1) is 0 Å². The third-order valence-corrected chi connectivity index (χ3v) is 3.71. The molecule has 1 amide bonds. The van der Waals surface area contributed by atoms with Crippen molar-refractivity contribution in [1.82, 2.24) is 4.90 Å². The summed E-state index contributed by atoms with van der Waals surface area (Å²) in [7, 11) is 3.23. The molecular formula is C15H14BrNO3. The van der Waals surface area contributed by atoms with E-state index in [1.807, 2.05) is 18.2 Å². The van der Waals surface area contributed by atoms with Crippen LogP contribution in [0.1, 0.15) is 10.4 Å². The van der Waals surface area contributed by atoms with Crippen molar-refractivity contribution in [3.63, 3.8) is 0 Å². The first-order valence-electron chi connectivity index (χ1n) is 5.95. The van der Waals surface area contributed by atoms with E-state index >= 15 is 0 Å². The van der Waals surface area contributed by atoms with Crippen LogP contribution in [0.2, 0.25) is 0 Å². The monoisotopic (exact) mass is 335 g/mol. The van der Waals surface area contributed by atoms with Crippen molar-refractivity contribution in [2.45, 2.75) is 0 Å². The van der Waals surface area contributed by atoms with Crippen LogP contribution < -0.4 is 0 Å². The molecule has 5 heteroatoms. The van der Waals surface area contributed by atoms with Crippen LogP contribution in [0.5, 0.6) is 11.5 Å². The first kappa shape index (κ1) is 14.4. The SMILES string of the molecule is CN(C)C(=O)c1c(Br)c(O)cc(O)c1-c1ccccc1. The fourth-order valence-corrected chi connectivity index (χ4v) is 2.43. The maximum Gasteiger partial charge on any atom is 0.255 e. The molecule has 4 nitrogen and oxygen atoms in total. The quantitative estimate of drug-likeness (QED) is 0.885. The van der Waals surface area contributed by atoms with Gasteiger partial charge in [-0.3, -0.25) is 4.79 Å². The smallest absolute Gasteiger partial charge is 0.255 e. The minimum absolute atomic E-state index is 0.137. The molecule has 0 unspecified atom stereocenters. The lowest BCUT2D eigenvalue weighted by Crippen LogP contribution is -2.23. The Morgan fingerprint density at radius 3 is 2.25 bits per heavy atom. The summed E-state index contributed by atoms with van der Waals surface area (Å²) in [6, 6.07) is 10.3. The van der Waals surface area contributed by atoms with E-state index in [1.165, 1.54) is 11.0 Å². The molecule has 104 valence electrons. The topological polar surface area (TPSA) is 60.8 Å². The maximum absolute atomic E-state index is 12.3. The molecule has 2 aromatic carbocycles. The molecule has 0 spiro atoms. The van der Waals surface area contributed by atoms with E-state index in [-0.39, 0.29) is 27.4 Å². The van der Waals surface area contributed by atoms with E-state index < -0.39 is 0 Å². The third kappa shape index (κ3) is 2.49. The first-order chi connectivity index (χ1) is 9.43. The summed E-state index contributed by atoms with van der Waals surface area (Å²) < 4.78 is 0.271. The van der Waals surface area contributed by atoms with Gasteiger partial charge in [0.1, 0.15) is 11.5 Å². The lowest BCUT2D eigenvalue weighted by molar-refractivity contribution is 0.0826. The van der Waals surface area contributed by atoms with Crippen molar-refractivity contribution < 1.29 is 15.0 Å². The minimum atomic E-state index is -0.304. The van der Waals surface area contributed by atoms with Gasteiger partial charge in [0, 0.05) is 25.7 Å². The van der Waals surface area contributed by atoms with Gasteiger partial charge in [0.25, 0.3) is 5.91 Å². The van der Waals surface area contributed by atoms with Gasteiger partial charge in [0.05, 0.1) is 10.0 Å². The van der Waals surface area contributed by atoms with Crippen LogP contribution in [-0.2, 0) is 0 Å². The Kier molecular flexibility index (Phi) is 3.99. The molecule has 2 N–H and O–H groups in total. The lowest BCUT2D eigenvalue weighted by atomic mass is 9.97. The molecule has 0 atom stereocenters. The Hall–Kier alpha value is -2.01. The Morgan fingerprint density at radius 2 is 1.70 bits per heavy atom. The molecule has 0 saturated carbocycles. The molecule has 0 fully saturated rings. The van der Waals surface area contributed by atoms with Crippen LogP contribution in [0.4, 0.5) is 0 Å². The number of nitrogens with zero attached hydrogens (tertiary/aromatic N) is 1. The number of phenolic OH excluding ortho intramolecular Hbond substituents is 2. The molecule has 0 heterocycles. The normalized spacial score (nSPS) is 10.3. The van der Waals surface area contributed by atoms with Gasteiger partial charge in [-0.25, -0.2) is 0 Å². The molecular weight excluding hydrogens is 322 g/mol. The average Bonchev–Trinajstić information content (AvgIpc) is 2.42. The summed E-state index contributed by atoms with van der Waals surface area (Å²) >= 11 is 3.22. The van der Waals surface area contributed by atoms with Crippen molar-refractivity contribution in [3.05, 3.63) is 46.4 Å². The summed E-state index contributed by atoms with van der Waals surface area (Å²) in [5.41, 5.74) is 1.34. The Morgan fingerprint density at radius 1 is 1.10 bits per heavy atom. The molecule has 0 aliphatic carbocycles. The fraction of sp³-hybridized carbons (Fsp3) is 0.133. The van der Waals surface area contributed by atoms with E-state index in [2.05, 4.69) is 15.9 Å². The summed E-state index contributed by atoms with van der Waals surface area (Å²) in [5, 5.41) is 19.9. The summed E-state index contributed by atoms with van der Waals surface area (Å²) in [4.78, 5) is 13.7. The predicted octanol–water partition coefficient (Wildman–Crippen LogP) is 3.23. The number of benzene rings is 2. The zero-order valence-corrected chi connectivity index (χ0v) is 12.7. The van der Waals surface area contributed by atoms with Gasteiger partial charge in [0.15, 0.2) is 0 Å². The van der Waals surface area contributed by atoms with Crippen molar-refractivity contribution in [2.75, 3.05) is 14.1 Å². The largest absolute Gasteiger partial charge is 0.507 e. The van der Waals surface area contributed by atoms with Gasteiger partial charge in [-0.05, 0) is 21.5 Å². The number of halogens is 1. The van der Waals surface area contributed by atoms with Gasteiger partial charge in [0.2, 0.25) is 0 Å². The highest BCUT2D eigenvalue weighted by Crippen LogP contribution is 2.42. The minimum Gasteiger partial charge on any atom is -0.507 e. The lowest BCUT2D eigenvalue weighted by Gasteiger charge is -2.18. The molecule has 2 rings (SSSR count). The van der Waals surface area contributed by atoms with Gasteiger partial charge in [-0.2, -0.15) is 0 Å². The average molecular weight is 336 g/mol. The number of rotatable bonds is 2. The Labute approximate surface area is 125 Å². The molecule has 0 bridgehead atoms. The number of carbonyl (C=O) groups is 1. The van der Waals surface area contributed by atoms with Gasteiger partial charge >= 0.3 is 0 Å². The molecule has 0 saturated heterocycles. The van der Waals surface area contributed by atoms with Crippen molar-refractivity contribution in [2.24, 2.45) is 0 Å². The van der Waals surface area contributed by atoms with Crippen LogP contribution in [0.25, 0.3) is 11.1 Å². The van der Waals surface area contributed by atoms with Crippen LogP contribution in [0.15, 0.2) is 40.9 Å². The van der Waals surface area contributed by atoms with E-state index in [0.29, 0.717) is 11.1 Å². The Bertz CT molecular complexity index is 654. The highest BCUT2D eigenvalue weighted by atomic mass is 79.9. The molecule has 0 aliphatic rings. The van der Waals surface area contributed by atoms with Crippen LogP contribution >= 0.6 is 15.9 Å². The molecule has 0 aliphatic heterocycles. The van der Waals surface area contributed by atoms with Crippen LogP contribution in [0.3, 0.4) is 0 Å². The second-order valence-corrected chi connectivity index (χ2v) is 5.34. The second kappa shape index (κ2) is 5.54. The van der Waals surface area contributed by atoms with E-state index in [0.717, 1.165) is 0 Å². The fourth-order valence-electron chi connectivity index (χ4n) is 1.95. The molecule has 20 heavy (non-hydrogen) atoms. The van der Waals surface area contributed by atoms with Gasteiger partial charge < -0.3 is 15.1 Å². The zero-order valence-electron chi connectivity index (χ0n) is 11.1. The first-order valence-corrected chi connectivity index (χ1v) is 6.74. The number of hydrogen-bond acceptors (Lipinski definition) is 3. The number of hydrogen-bond donors (Lipinski definition) is 2. The molecule has 0 aromatic heterocycles. The maximum atomic E-state index is 12.3. The predicted molar refractivity (Wildman–Crippen MR) is 80.9 cm³/mol. The van der Waals surface area contributed by atoms with Crippen molar-refractivity contribution in [1.29, 1.82) is 0 Å². The number of amides is 1. The molecule has 0 radical (unpaired) electrons. The number of phenols is 2. The van der Waals surface area contributed by atoms with Crippen LogP contribution in [0, 0.1) is 0 Å². The second-order valence-electron chi connectivity index (χ2n) is 4.54. The zero-order chi connectivity index (χ0) is 14.9. The van der Waals surface area contributed by atoms with E-state index in [9.17, 15) is 15.0 Å². The summed E-state index contributed by atoms with van der Waals surface area (Å²) in [6.45, 7) is 0. The van der Waals surface area contributed by atoms with Crippen LogP contribution in [-0.4, -0.2) is 35.1 Å². The van der Waals surface area contributed by atoms with Crippen molar-refractivity contribution >= 4 is 21.8 Å². The number of aromatic hydroxyl groups is 2. The highest BCUT2D eigenvalue weighted by molar-refractivity contribution is 9.10. The third-order valence-electron chi connectivity index (χ3n) is 2.91. The molecule has 2 aromatic rings. The van der Waals surface area contributed by atoms with E-state index in [4.69, 9.17) is 0 Å². The Balaban J connectivity index is 2.79. The highest BCUT2D eigenvalue weighted by Gasteiger charge is 2.24. The van der Waals surface area contributed by atoms with E-state index in [1.54, 1.807) is 26.2 Å². The number of carbonyl (C=O) groups excluding carboxylic acids is 1. The van der Waals surface area contributed by atoms with Gasteiger partial charge in [-0.1, -0.05) is 30.3 Å². The summed E-state index contributed by atoms with van der Waals surface area (Å²) in [6.07, 6.45) is 0. The standard InChI is InChI=1S/C15H14BrNO3/c1-17(2)15(20)13-12(9-6-4-3-5-7-9)10(18)8-11(19)14(13)16/h3-8,18-19H,1-2H3.